The molecule has 0 fully saturated rings. The molecule has 1 aromatic carbocycles. The van der Waals surface area contributed by atoms with E-state index in [0.29, 0.717) is 11.5 Å². The Morgan fingerprint density at radius 3 is 2.29 bits per heavy atom. The Bertz CT molecular complexity index is 601. The Balaban J connectivity index is 2.48. The number of hydrogen-bond acceptors (Lipinski definition) is 4. The molecule has 0 spiro atoms. The predicted octanol–water partition coefficient (Wildman–Crippen LogP) is 2.04. The van der Waals surface area contributed by atoms with Crippen LogP contribution in [-0.4, -0.2) is 33.5 Å². The molecule has 21 heavy (non-hydrogen) atoms. The van der Waals surface area contributed by atoms with Gasteiger partial charge in [0.25, 0.3) is 5.91 Å². The molecule has 1 aromatic rings. The predicted molar refractivity (Wildman–Crippen MR) is 77.5 cm³/mol. The number of nitrogens with zero attached hydrogens (tertiary/aromatic N) is 1. The molecule has 5 nitrogen and oxygen atoms in total. The molecule has 1 atom stereocenters. The summed E-state index contributed by atoms with van der Waals surface area (Å²) in [6.07, 6.45) is 0. The summed E-state index contributed by atoms with van der Waals surface area (Å²) in [5, 5.41) is 19.2. The van der Waals surface area contributed by atoms with Crippen molar-refractivity contribution >= 4 is 11.7 Å². The summed E-state index contributed by atoms with van der Waals surface area (Å²) in [6, 6.07) is 6.75. The lowest BCUT2D eigenvalue weighted by Gasteiger charge is -2.24. The van der Waals surface area contributed by atoms with Gasteiger partial charge in [0.2, 0.25) is 0 Å². The Kier molecular flexibility index (Phi) is 4.14. The molecule has 5 heteroatoms. The lowest BCUT2D eigenvalue weighted by atomic mass is 9.94. The first-order valence-electron chi connectivity index (χ1n) is 6.84. The van der Waals surface area contributed by atoms with Gasteiger partial charge < -0.3 is 15.1 Å². The van der Waals surface area contributed by atoms with Crippen LogP contribution in [0, 0.1) is 0 Å². The molecule has 112 valence electrons. The molecule has 0 aromatic heterocycles. The molecule has 0 radical (unpaired) electrons. The van der Waals surface area contributed by atoms with Crippen molar-refractivity contribution in [1.82, 2.24) is 4.90 Å². The molecule has 0 saturated heterocycles. The number of carbonyl (C=O) groups excluding carboxylic acids is 2. The highest BCUT2D eigenvalue weighted by Gasteiger charge is 2.41. The number of amides is 1. The van der Waals surface area contributed by atoms with Crippen LogP contribution in [0.2, 0.25) is 0 Å². The quantitative estimate of drug-likeness (QED) is 0.889. The second kappa shape index (κ2) is 5.69. The smallest absolute Gasteiger partial charge is 0.291 e. The zero-order valence-corrected chi connectivity index (χ0v) is 12.3. The molecule has 0 aliphatic carbocycles. The summed E-state index contributed by atoms with van der Waals surface area (Å²) < 4.78 is 0. The number of rotatable bonds is 4. The summed E-state index contributed by atoms with van der Waals surface area (Å²) in [6.45, 7) is 4.88. The molecule has 1 aliphatic rings. The lowest BCUT2D eigenvalue weighted by molar-refractivity contribution is -0.133. The monoisotopic (exact) mass is 289 g/mol. The van der Waals surface area contributed by atoms with Crippen molar-refractivity contribution < 1.29 is 19.8 Å². The number of carbonyl (C=O) groups is 2. The number of ketones is 1. The van der Waals surface area contributed by atoms with Crippen LogP contribution in [0.25, 0.3) is 0 Å². The van der Waals surface area contributed by atoms with Crippen molar-refractivity contribution in [1.29, 1.82) is 0 Å². The summed E-state index contributed by atoms with van der Waals surface area (Å²) in [5.41, 5.74) is 1.86. The molecule has 0 bridgehead atoms. The van der Waals surface area contributed by atoms with Gasteiger partial charge in [-0.05, 0) is 24.0 Å². The van der Waals surface area contributed by atoms with Gasteiger partial charge in [-0.25, -0.2) is 0 Å². The van der Waals surface area contributed by atoms with Crippen molar-refractivity contribution in [2.45, 2.75) is 32.7 Å². The summed E-state index contributed by atoms with van der Waals surface area (Å²) >= 11 is 0. The van der Waals surface area contributed by atoms with E-state index in [1.807, 2.05) is 24.3 Å². The molecule has 0 unspecified atom stereocenters. The van der Waals surface area contributed by atoms with Crippen molar-refractivity contribution in [3.63, 3.8) is 0 Å². The van der Waals surface area contributed by atoms with Gasteiger partial charge in [0, 0.05) is 0 Å². The van der Waals surface area contributed by atoms with Crippen LogP contribution in [0.3, 0.4) is 0 Å². The van der Waals surface area contributed by atoms with Crippen LogP contribution in [0.4, 0.5) is 0 Å². The standard InChI is InChI=1S/C16H19NO4/c1-9(2)11-4-6-12(7-5-11)14-13(10(3)19)15(20)16(21)17(14)8-18/h4-7,9,14,18,20H,8H2,1-3H3/t14-/m0/s1. The minimum absolute atomic E-state index is 0.0337. The third kappa shape index (κ3) is 2.56. The van der Waals surface area contributed by atoms with Gasteiger partial charge in [0.15, 0.2) is 11.5 Å². The highest BCUT2D eigenvalue weighted by Crippen LogP contribution is 2.37. The van der Waals surface area contributed by atoms with Gasteiger partial charge in [0.1, 0.15) is 6.73 Å². The first-order chi connectivity index (χ1) is 9.88. The van der Waals surface area contributed by atoms with Gasteiger partial charge in [-0.1, -0.05) is 38.1 Å². The minimum Gasteiger partial charge on any atom is -0.503 e. The highest BCUT2D eigenvalue weighted by atomic mass is 16.3. The van der Waals surface area contributed by atoms with Crippen molar-refractivity contribution in [2.24, 2.45) is 0 Å². The molecule has 2 rings (SSSR count). The normalized spacial score (nSPS) is 18.8. The maximum atomic E-state index is 11.9. The van der Waals surface area contributed by atoms with E-state index in [1.165, 1.54) is 6.92 Å². The van der Waals surface area contributed by atoms with E-state index in [9.17, 15) is 19.8 Å². The maximum Gasteiger partial charge on any atom is 0.291 e. The second-order valence-corrected chi connectivity index (χ2v) is 5.46. The van der Waals surface area contributed by atoms with Gasteiger partial charge in [0.05, 0.1) is 11.6 Å². The Hall–Kier alpha value is -2.14. The first kappa shape index (κ1) is 15.3. The highest BCUT2D eigenvalue weighted by molar-refractivity contribution is 6.08. The van der Waals surface area contributed by atoms with E-state index in [4.69, 9.17) is 0 Å². The van der Waals surface area contributed by atoms with Crippen LogP contribution in [0.15, 0.2) is 35.6 Å². The lowest BCUT2D eigenvalue weighted by Crippen LogP contribution is -2.31. The summed E-state index contributed by atoms with van der Waals surface area (Å²) in [5.74, 6) is -1.31. The average Bonchev–Trinajstić information content (AvgIpc) is 2.71. The SMILES string of the molecule is CC(=O)C1=C(O)C(=O)N(CO)[C@H]1c1ccc(C(C)C)cc1. The fourth-order valence-corrected chi connectivity index (χ4v) is 2.57. The van der Waals surface area contributed by atoms with E-state index in [1.54, 1.807) is 0 Å². The van der Waals surface area contributed by atoms with Crippen LogP contribution in [0.5, 0.6) is 0 Å². The molecule has 2 N–H and O–H groups in total. The fraction of sp³-hybridized carbons (Fsp3) is 0.375. The molecular formula is C16H19NO4. The topological polar surface area (TPSA) is 77.8 Å². The average molecular weight is 289 g/mol. The van der Waals surface area contributed by atoms with Crippen LogP contribution in [-0.2, 0) is 9.59 Å². The molecule has 0 saturated carbocycles. The zero-order valence-electron chi connectivity index (χ0n) is 12.3. The van der Waals surface area contributed by atoms with Gasteiger partial charge >= 0.3 is 0 Å². The Morgan fingerprint density at radius 1 is 1.29 bits per heavy atom. The number of aliphatic hydroxyl groups is 2. The van der Waals surface area contributed by atoms with E-state index >= 15 is 0 Å². The van der Waals surface area contributed by atoms with E-state index in [-0.39, 0.29) is 11.4 Å². The van der Waals surface area contributed by atoms with E-state index in [2.05, 4.69) is 13.8 Å². The summed E-state index contributed by atoms with van der Waals surface area (Å²) in [4.78, 5) is 24.7. The number of hydrogen-bond donors (Lipinski definition) is 2. The van der Waals surface area contributed by atoms with Gasteiger partial charge in [-0.3, -0.25) is 9.59 Å². The number of benzene rings is 1. The van der Waals surface area contributed by atoms with Gasteiger partial charge in [-0.2, -0.15) is 0 Å². The molecule has 1 aliphatic heterocycles. The van der Waals surface area contributed by atoms with Crippen LogP contribution < -0.4 is 0 Å². The molecular weight excluding hydrogens is 270 g/mol. The van der Waals surface area contributed by atoms with E-state index in [0.717, 1.165) is 10.5 Å². The van der Waals surface area contributed by atoms with Crippen molar-refractivity contribution in [3.8, 4) is 0 Å². The van der Waals surface area contributed by atoms with Crippen LogP contribution in [0.1, 0.15) is 43.9 Å². The van der Waals surface area contributed by atoms with Crippen LogP contribution >= 0.6 is 0 Å². The van der Waals surface area contributed by atoms with E-state index < -0.39 is 24.4 Å². The minimum atomic E-state index is -0.735. The zero-order chi connectivity index (χ0) is 15.7. The number of aliphatic hydroxyl groups excluding tert-OH is 2. The van der Waals surface area contributed by atoms with Gasteiger partial charge in [-0.15, -0.1) is 0 Å². The Labute approximate surface area is 123 Å². The van der Waals surface area contributed by atoms with Crippen molar-refractivity contribution in [2.75, 3.05) is 6.73 Å². The fourth-order valence-electron chi connectivity index (χ4n) is 2.57. The first-order valence-corrected chi connectivity index (χ1v) is 6.84. The largest absolute Gasteiger partial charge is 0.503 e. The maximum absolute atomic E-state index is 11.9. The third-order valence-corrected chi connectivity index (χ3v) is 3.75. The number of Topliss-reactive ketones (excluding diaryl/α,β-unsaturated/α-hetero) is 1. The summed E-state index contributed by atoms with van der Waals surface area (Å²) in [7, 11) is 0. The third-order valence-electron chi connectivity index (χ3n) is 3.75. The second-order valence-electron chi connectivity index (χ2n) is 5.46. The Morgan fingerprint density at radius 2 is 1.86 bits per heavy atom. The molecule has 1 amide bonds. The van der Waals surface area contributed by atoms with Crippen molar-refractivity contribution in [3.05, 3.63) is 46.7 Å². The molecule has 1 heterocycles.